The Kier molecular flexibility index (Phi) is 5.25. The van der Waals surface area contributed by atoms with Gasteiger partial charge in [0, 0.05) is 15.8 Å². The van der Waals surface area contributed by atoms with Crippen molar-refractivity contribution in [1.29, 1.82) is 0 Å². The van der Waals surface area contributed by atoms with Gasteiger partial charge in [0.1, 0.15) is 6.04 Å². The number of hydrogen-bond acceptors (Lipinski definition) is 4. The third kappa shape index (κ3) is 3.86. The molecule has 3 nitrogen and oxygen atoms in total. The van der Waals surface area contributed by atoms with Crippen LogP contribution in [-0.2, 0) is 16.0 Å². The Hall–Kier alpha value is 0.0900. The number of esters is 1. The molecule has 1 aromatic rings. The number of hydrogen-bond donors (Lipinski definition) is 1. The maximum Gasteiger partial charge on any atom is 0.323 e. The molecule has 0 aliphatic carbocycles. The van der Waals surface area contributed by atoms with Gasteiger partial charge in [0.25, 0.3) is 0 Å². The summed E-state index contributed by atoms with van der Waals surface area (Å²) in [5, 5.41) is 0. The molecule has 0 radical (unpaired) electrons. The minimum Gasteiger partial charge on any atom is -0.465 e. The van der Waals surface area contributed by atoms with Gasteiger partial charge in [-0.2, -0.15) is 0 Å². The SMILES string of the molecule is CCOC(=O)C(N)Cc1cc(Br)c(Br)s1. The first kappa shape index (κ1) is 13.2. The Morgan fingerprint density at radius 1 is 1.67 bits per heavy atom. The molecule has 15 heavy (non-hydrogen) atoms. The topological polar surface area (TPSA) is 52.3 Å². The van der Waals surface area contributed by atoms with Crippen LogP contribution in [0.3, 0.4) is 0 Å². The quantitative estimate of drug-likeness (QED) is 0.844. The lowest BCUT2D eigenvalue weighted by Gasteiger charge is -2.08. The van der Waals surface area contributed by atoms with Crippen LogP contribution in [0, 0.1) is 0 Å². The maximum atomic E-state index is 11.3. The number of thiophene rings is 1. The lowest BCUT2D eigenvalue weighted by atomic mass is 10.2. The molecule has 1 heterocycles. The predicted molar refractivity (Wildman–Crippen MR) is 68.0 cm³/mol. The van der Waals surface area contributed by atoms with E-state index in [-0.39, 0.29) is 5.97 Å². The third-order valence-electron chi connectivity index (χ3n) is 1.71. The molecule has 0 saturated carbocycles. The van der Waals surface area contributed by atoms with E-state index in [9.17, 15) is 4.79 Å². The van der Waals surface area contributed by atoms with E-state index in [0.717, 1.165) is 13.1 Å². The first-order valence-corrected chi connectivity index (χ1v) is 6.80. The smallest absolute Gasteiger partial charge is 0.323 e. The van der Waals surface area contributed by atoms with E-state index < -0.39 is 6.04 Å². The van der Waals surface area contributed by atoms with Crippen LogP contribution in [0.2, 0.25) is 0 Å². The zero-order chi connectivity index (χ0) is 11.4. The molecule has 6 heteroatoms. The summed E-state index contributed by atoms with van der Waals surface area (Å²) in [5.41, 5.74) is 5.70. The zero-order valence-electron chi connectivity index (χ0n) is 8.13. The molecule has 1 unspecified atom stereocenters. The van der Waals surface area contributed by atoms with E-state index in [1.54, 1.807) is 18.3 Å². The average Bonchev–Trinajstić information content (AvgIpc) is 2.46. The lowest BCUT2D eigenvalue weighted by molar-refractivity contribution is -0.144. The second-order valence-corrected chi connectivity index (χ2v) is 6.21. The molecule has 0 aliphatic rings. The summed E-state index contributed by atoms with van der Waals surface area (Å²) in [6, 6.07) is 1.37. The molecule has 1 aromatic heterocycles. The highest BCUT2D eigenvalue weighted by Crippen LogP contribution is 2.32. The van der Waals surface area contributed by atoms with Crippen LogP contribution < -0.4 is 5.73 Å². The number of carbonyl (C=O) groups is 1. The fraction of sp³-hybridized carbons (Fsp3) is 0.444. The summed E-state index contributed by atoms with van der Waals surface area (Å²) in [6.07, 6.45) is 0.508. The van der Waals surface area contributed by atoms with Crippen molar-refractivity contribution in [2.75, 3.05) is 6.61 Å². The molecule has 2 N–H and O–H groups in total. The fourth-order valence-corrected chi connectivity index (χ4v) is 3.28. The van der Waals surface area contributed by atoms with Gasteiger partial charge >= 0.3 is 5.97 Å². The number of ether oxygens (including phenoxy) is 1. The van der Waals surface area contributed by atoms with Crippen LogP contribution in [0.4, 0.5) is 0 Å². The Morgan fingerprint density at radius 3 is 2.80 bits per heavy atom. The summed E-state index contributed by atoms with van der Waals surface area (Å²) < 4.78 is 6.82. The van der Waals surface area contributed by atoms with Crippen LogP contribution in [0.5, 0.6) is 0 Å². The van der Waals surface area contributed by atoms with Crippen molar-refractivity contribution in [3.63, 3.8) is 0 Å². The highest BCUT2D eigenvalue weighted by Gasteiger charge is 2.16. The van der Waals surface area contributed by atoms with E-state index in [4.69, 9.17) is 10.5 Å². The average molecular weight is 357 g/mol. The number of rotatable bonds is 4. The van der Waals surface area contributed by atoms with Gasteiger partial charge in [0.15, 0.2) is 0 Å². The monoisotopic (exact) mass is 355 g/mol. The number of carbonyl (C=O) groups excluding carboxylic acids is 1. The van der Waals surface area contributed by atoms with E-state index in [1.165, 1.54) is 0 Å². The Bertz CT molecular complexity index is 334. The van der Waals surface area contributed by atoms with Gasteiger partial charge in [0.2, 0.25) is 0 Å². The third-order valence-corrected chi connectivity index (χ3v) is 4.99. The lowest BCUT2D eigenvalue weighted by Crippen LogP contribution is -2.34. The molecule has 0 amide bonds. The predicted octanol–water partition coefficient (Wildman–Crippen LogP) is 2.71. The number of halogens is 2. The van der Waals surface area contributed by atoms with Crippen LogP contribution in [0.1, 0.15) is 11.8 Å². The summed E-state index contributed by atoms with van der Waals surface area (Å²) in [6.45, 7) is 2.13. The summed E-state index contributed by atoms with van der Waals surface area (Å²) in [5.74, 6) is -0.349. The van der Waals surface area contributed by atoms with Crippen LogP contribution in [0.15, 0.2) is 14.3 Å². The molecular formula is C9H11Br2NO2S. The molecule has 84 valence electrons. The Balaban J connectivity index is 2.58. The fourth-order valence-electron chi connectivity index (χ4n) is 1.04. The number of nitrogens with two attached hydrogens (primary N) is 1. The van der Waals surface area contributed by atoms with E-state index in [1.807, 2.05) is 6.07 Å². The molecule has 0 aromatic carbocycles. The van der Waals surface area contributed by atoms with Crippen molar-refractivity contribution < 1.29 is 9.53 Å². The molecule has 0 spiro atoms. The summed E-state index contributed by atoms with van der Waals surface area (Å²) in [7, 11) is 0. The van der Waals surface area contributed by atoms with Gasteiger partial charge in [-0.05, 0) is 44.8 Å². The van der Waals surface area contributed by atoms with Gasteiger partial charge in [-0.25, -0.2) is 0 Å². The Labute approximate surface area is 109 Å². The second kappa shape index (κ2) is 5.98. The summed E-state index contributed by atoms with van der Waals surface area (Å²) in [4.78, 5) is 12.3. The van der Waals surface area contributed by atoms with Crippen molar-refractivity contribution in [2.45, 2.75) is 19.4 Å². The standard InChI is InChI=1S/C9H11Br2NO2S/c1-2-14-9(13)7(12)4-5-3-6(10)8(11)15-5/h3,7H,2,4,12H2,1H3. The molecule has 1 rings (SSSR count). The van der Waals surface area contributed by atoms with Gasteiger partial charge < -0.3 is 10.5 Å². The molecule has 1 atom stereocenters. The van der Waals surface area contributed by atoms with Crippen LogP contribution >= 0.6 is 43.2 Å². The summed E-state index contributed by atoms with van der Waals surface area (Å²) >= 11 is 8.33. The maximum absolute atomic E-state index is 11.3. The van der Waals surface area contributed by atoms with Crippen molar-refractivity contribution in [3.05, 3.63) is 19.2 Å². The highest BCUT2D eigenvalue weighted by atomic mass is 79.9. The van der Waals surface area contributed by atoms with E-state index >= 15 is 0 Å². The molecule has 0 saturated heterocycles. The van der Waals surface area contributed by atoms with Gasteiger partial charge in [-0.1, -0.05) is 0 Å². The van der Waals surface area contributed by atoms with E-state index in [0.29, 0.717) is 13.0 Å². The van der Waals surface area contributed by atoms with E-state index in [2.05, 4.69) is 31.9 Å². The van der Waals surface area contributed by atoms with Crippen molar-refractivity contribution in [2.24, 2.45) is 5.73 Å². The van der Waals surface area contributed by atoms with Gasteiger partial charge in [0.05, 0.1) is 10.4 Å². The van der Waals surface area contributed by atoms with Crippen LogP contribution in [0.25, 0.3) is 0 Å². The van der Waals surface area contributed by atoms with Gasteiger partial charge in [-0.3, -0.25) is 4.79 Å². The molecule has 0 fully saturated rings. The van der Waals surface area contributed by atoms with Crippen molar-refractivity contribution in [3.8, 4) is 0 Å². The minimum absolute atomic E-state index is 0.349. The molecule has 0 bridgehead atoms. The van der Waals surface area contributed by atoms with Crippen molar-refractivity contribution >= 4 is 49.2 Å². The Morgan fingerprint density at radius 2 is 2.33 bits per heavy atom. The molecular weight excluding hydrogens is 346 g/mol. The minimum atomic E-state index is -0.581. The molecule has 0 aliphatic heterocycles. The first-order chi connectivity index (χ1) is 7.04. The first-order valence-electron chi connectivity index (χ1n) is 4.40. The largest absolute Gasteiger partial charge is 0.465 e. The van der Waals surface area contributed by atoms with Crippen LogP contribution in [-0.4, -0.2) is 18.6 Å². The van der Waals surface area contributed by atoms with Crippen molar-refractivity contribution in [1.82, 2.24) is 0 Å². The highest BCUT2D eigenvalue weighted by molar-refractivity contribution is 9.13. The second-order valence-electron chi connectivity index (χ2n) is 2.90. The normalized spacial score (nSPS) is 12.5. The zero-order valence-corrected chi connectivity index (χ0v) is 12.1. The van der Waals surface area contributed by atoms with Gasteiger partial charge in [-0.15, -0.1) is 11.3 Å².